The predicted octanol–water partition coefficient (Wildman–Crippen LogP) is 3.65. The van der Waals surface area contributed by atoms with E-state index in [1.54, 1.807) is 0 Å². The quantitative estimate of drug-likeness (QED) is 0.828. The van der Waals surface area contributed by atoms with Gasteiger partial charge in [0.2, 0.25) is 0 Å². The average molecular weight is 353 g/mol. The third kappa shape index (κ3) is 3.37. The minimum absolute atomic E-state index is 0.0782. The van der Waals surface area contributed by atoms with E-state index in [-0.39, 0.29) is 15.6 Å². The Morgan fingerprint density at radius 2 is 1.76 bits per heavy atom. The van der Waals surface area contributed by atoms with Crippen LogP contribution < -0.4 is 10.5 Å². The summed E-state index contributed by atoms with van der Waals surface area (Å²) >= 11 is 11.3. The van der Waals surface area contributed by atoms with E-state index in [1.165, 1.54) is 12.1 Å². The molecular weight excluding hydrogens is 345 g/mol. The van der Waals surface area contributed by atoms with Crippen LogP contribution in [0.2, 0.25) is 10.0 Å². The van der Waals surface area contributed by atoms with Crippen molar-refractivity contribution in [1.29, 1.82) is 0 Å². The molecule has 2 rings (SSSR count). The summed E-state index contributed by atoms with van der Waals surface area (Å²) in [5.74, 6) is -2.08. The Balaban J connectivity index is 2.50. The van der Waals surface area contributed by atoms with E-state index >= 15 is 0 Å². The molecule has 0 bridgehead atoms. The maximum Gasteiger partial charge on any atom is 0.264 e. The molecule has 0 saturated carbocycles. The first-order chi connectivity index (χ1) is 9.70. The first-order valence-electron chi connectivity index (χ1n) is 5.43. The lowest BCUT2D eigenvalue weighted by Gasteiger charge is -2.12. The monoisotopic (exact) mass is 352 g/mol. The number of anilines is 2. The summed E-state index contributed by atoms with van der Waals surface area (Å²) < 4.78 is 52.9. The standard InChI is InChI=1S/C12H8Cl2F2N2O2S/c13-6-1-2-10(17)11(3-6)21(19,20)18-12-8(14)4-7(15)5-9(12)16/h1-5,18H,17H2. The van der Waals surface area contributed by atoms with E-state index < -0.39 is 32.4 Å². The van der Waals surface area contributed by atoms with E-state index in [4.69, 9.17) is 28.9 Å². The molecule has 0 heterocycles. The van der Waals surface area contributed by atoms with Crippen LogP contribution in [0.1, 0.15) is 0 Å². The summed E-state index contributed by atoms with van der Waals surface area (Å²) in [6.45, 7) is 0. The molecule has 0 amide bonds. The first kappa shape index (κ1) is 15.8. The Hall–Kier alpha value is -1.57. The fraction of sp³-hybridized carbons (Fsp3) is 0. The third-order valence-electron chi connectivity index (χ3n) is 2.51. The largest absolute Gasteiger partial charge is 0.398 e. The molecule has 3 N–H and O–H groups in total. The second kappa shape index (κ2) is 5.67. The highest BCUT2D eigenvalue weighted by Gasteiger charge is 2.22. The van der Waals surface area contributed by atoms with E-state index in [0.29, 0.717) is 6.07 Å². The van der Waals surface area contributed by atoms with E-state index in [9.17, 15) is 17.2 Å². The van der Waals surface area contributed by atoms with Crippen LogP contribution in [0.15, 0.2) is 35.2 Å². The minimum atomic E-state index is -4.23. The summed E-state index contributed by atoms with van der Waals surface area (Å²) in [4.78, 5) is -0.338. The summed E-state index contributed by atoms with van der Waals surface area (Å²) in [6.07, 6.45) is 0. The van der Waals surface area contributed by atoms with E-state index in [2.05, 4.69) is 0 Å². The molecule has 2 aromatic carbocycles. The smallest absolute Gasteiger partial charge is 0.264 e. The molecule has 0 saturated heterocycles. The molecule has 0 aliphatic carbocycles. The third-order valence-corrected chi connectivity index (χ3v) is 4.45. The molecule has 0 fully saturated rings. The Morgan fingerprint density at radius 1 is 1.10 bits per heavy atom. The zero-order valence-electron chi connectivity index (χ0n) is 10.2. The van der Waals surface area contributed by atoms with Crippen LogP contribution in [0.4, 0.5) is 20.2 Å². The number of rotatable bonds is 3. The fourth-order valence-electron chi connectivity index (χ4n) is 1.57. The van der Waals surface area contributed by atoms with Gasteiger partial charge >= 0.3 is 0 Å². The van der Waals surface area contributed by atoms with Crippen molar-refractivity contribution in [3.05, 3.63) is 52.0 Å². The molecule has 21 heavy (non-hydrogen) atoms. The lowest BCUT2D eigenvalue weighted by molar-refractivity contribution is 0.583. The van der Waals surface area contributed by atoms with Crippen LogP contribution in [0.5, 0.6) is 0 Å². The molecule has 0 aliphatic rings. The summed E-state index contributed by atoms with van der Waals surface area (Å²) in [7, 11) is -4.23. The molecule has 0 aliphatic heterocycles. The van der Waals surface area contributed by atoms with Gasteiger partial charge in [-0.2, -0.15) is 0 Å². The van der Waals surface area contributed by atoms with Gasteiger partial charge in [0.1, 0.15) is 16.4 Å². The Kier molecular flexibility index (Phi) is 4.27. The normalized spacial score (nSPS) is 11.4. The SMILES string of the molecule is Nc1ccc(Cl)cc1S(=O)(=O)Nc1c(F)cc(F)cc1Cl. The van der Waals surface area contributed by atoms with E-state index in [0.717, 1.165) is 12.1 Å². The van der Waals surface area contributed by atoms with Crippen molar-refractivity contribution >= 4 is 44.6 Å². The maximum absolute atomic E-state index is 13.6. The summed E-state index contributed by atoms with van der Waals surface area (Å²) in [5.41, 5.74) is 4.91. The number of nitrogens with one attached hydrogen (secondary N) is 1. The Morgan fingerprint density at radius 3 is 2.38 bits per heavy atom. The first-order valence-corrected chi connectivity index (χ1v) is 7.67. The second-order valence-electron chi connectivity index (χ2n) is 4.03. The Labute approximate surface area is 129 Å². The van der Waals surface area contributed by atoms with Crippen molar-refractivity contribution in [2.24, 2.45) is 0 Å². The minimum Gasteiger partial charge on any atom is -0.398 e. The molecule has 0 atom stereocenters. The van der Waals surface area contributed by atoms with Gasteiger partial charge in [-0.3, -0.25) is 4.72 Å². The van der Waals surface area contributed by atoms with Gasteiger partial charge in [0.15, 0.2) is 5.82 Å². The van der Waals surface area contributed by atoms with Gasteiger partial charge in [-0.15, -0.1) is 0 Å². The van der Waals surface area contributed by atoms with Gasteiger partial charge < -0.3 is 5.73 Å². The maximum atomic E-state index is 13.6. The number of benzene rings is 2. The van der Waals surface area contributed by atoms with Gasteiger partial charge in [-0.1, -0.05) is 23.2 Å². The molecule has 0 unspecified atom stereocenters. The number of hydrogen-bond donors (Lipinski definition) is 2. The topological polar surface area (TPSA) is 72.2 Å². The van der Waals surface area contributed by atoms with Gasteiger partial charge in [0.25, 0.3) is 10.0 Å². The van der Waals surface area contributed by atoms with Crippen LogP contribution >= 0.6 is 23.2 Å². The molecular formula is C12H8Cl2F2N2O2S. The lowest BCUT2D eigenvalue weighted by Crippen LogP contribution is -2.16. The molecule has 0 aromatic heterocycles. The Bertz CT molecular complexity index is 790. The predicted molar refractivity (Wildman–Crippen MR) is 78.0 cm³/mol. The zero-order chi connectivity index (χ0) is 15.8. The van der Waals surface area contributed by atoms with E-state index in [1.807, 2.05) is 4.72 Å². The zero-order valence-corrected chi connectivity index (χ0v) is 12.5. The number of sulfonamides is 1. The molecule has 9 heteroatoms. The van der Waals surface area contributed by atoms with Crippen molar-refractivity contribution in [2.45, 2.75) is 4.90 Å². The number of nitrogen functional groups attached to an aromatic ring is 1. The fourth-order valence-corrected chi connectivity index (χ4v) is 3.35. The molecule has 2 aromatic rings. The molecule has 4 nitrogen and oxygen atoms in total. The van der Waals surface area contributed by atoms with Crippen LogP contribution in [0.3, 0.4) is 0 Å². The van der Waals surface area contributed by atoms with Gasteiger partial charge in [-0.25, -0.2) is 17.2 Å². The van der Waals surface area contributed by atoms with Crippen LogP contribution in [0, 0.1) is 11.6 Å². The van der Waals surface area contributed by atoms with Crippen molar-refractivity contribution in [3.8, 4) is 0 Å². The average Bonchev–Trinajstić information content (AvgIpc) is 2.36. The van der Waals surface area contributed by atoms with Crippen molar-refractivity contribution in [1.82, 2.24) is 0 Å². The summed E-state index contributed by atoms with van der Waals surface area (Å²) in [6, 6.07) is 5.09. The highest BCUT2D eigenvalue weighted by molar-refractivity contribution is 7.93. The van der Waals surface area contributed by atoms with Gasteiger partial charge in [0.05, 0.1) is 10.7 Å². The highest BCUT2D eigenvalue weighted by atomic mass is 35.5. The molecule has 0 radical (unpaired) electrons. The molecule has 0 spiro atoms. The molecule has 112 valence electrons. The number of hydrogen-bond acceptors (Lipinski definition) is 3. The second-order valence-corrected chi connectivity index (χ2v) is 6.53. The van der Waals surface area contributed by atoms with Crippen LogP contribution in [-0.2, 0) is 10.0 Å². The van der Waals surface area contributed by atoms with Crippen LogP contribution in [0.25, 0.3) is 0 Å². The lowest BCUT2D eigenvalue weighted by atomic mass is 10.3. The van der Waals surface area contributed by atoms with Crippen molar-refractivity contribution in [2.75, 3.05) is 10.5 Å². The van der Waals surface area contributed by atoms with Gasteiger partial charge in [-0.05, 0) is 24.3 Å². The summed E-state index contributed by atoms with van der Waals surface area (Å²) in [5, 5.41) is -0.285. The van der Waals surface area contributed by atoms with Crippen molar-refractivity contribution < 1.29 is 17.2 Å². The number of nitrogens with two attached hydrogens (primary N) is 1. The van der Waals surface area contributed by atoms with Crippen LogP contribution in [-0.4, -0.2) is 8.42 Å². The number of halogens is 4. The van der Waals surface area contributed by atoms with Crippen molar-refractivity contribution in [3.63, 3.8) is 0 Å². The highest BCUT2D eigenvalue weighted by Crippen LogP contribution is 2.30. The van der Waals surface area contributed by atoms with Gasteiger partial charge in [0, 0.05) is 11.1 Å².